The van der Waals surface area contributed by atoms with E-state index >= 15 is 0 Å². The summed E-state index contributed by atoms with van der Waals surface area (Å²) < 4.78 is 5.36. The Morgan fingerprint density at radius 3 is 2.96 bits per heavy atom. The average molecular weight is 332 g/mol. The first-order valence-electron chi connectivity index (χ1n) is 9.17. The van der Waals surface area contributed by atoms with Crippen LogP contribution in [0.2, 0.25) is 0 Å². The van der Waals surface area contributed by atoms with Crippen molar-refractivity contribution in [3.05, 3.63) is 29.3 Å². The van der Waals surface area contributed by atoms with Crippen molar-refractivity contribution >= 4 is 11.6 Å². The van der Waals surface area contributed by atoms with Gasteiger partial charge in [0.15, 0.2) is 5.96 Å². The first-order chi connectivity index (χ1) is 11.7. The number of nitrogens with zero attached hydrogens (tertiary/aromatic N) is 2. The molecule has 0 aliphatic carbocycles. The van der Waals surface area contributed by atoms with E-state index in [0.29, 0.717) is 6.54 Å². The van der Waals surface area contributed by atoms with E-state index in [2.05, 4.69) is 47.7 Å². The van der Waals surface area contributed by atoms with E-state index in [1.165, 1.54) is 29.7 Å². The molecule has 1 aliphatic rings. The van der Waals surface area contributed by atoms with E-state index < -0.39 is 0 Å². The van der Waals surface area contributed by atoms with Crippen LogP contribution in [0.5, 0.6) is 0 Å². The van der Waals surface area contributed by atoms with Crippen molar-refractivity contribution in [3.63, 3.8) is 0 Å². The maximum atomic E-state index is 5.36. The Bertz CT molecular complexity index is 530. The molecule has 0 atom stereocenters. The van der Waals surface area contributed by atoms with Gasteiger partial charge in [-0.2, -0.15) is 0 Å². The molecule has 0 saturated heterocycles. The molecule has 0 bridgehead atoms. The topological polar surface area (TPSA) is 48.9 Å². The summed E-state index contributed by atoms with van der Waals surface area (Å²) in [6, 6.07) is 6.75. The van der Waals surface area contributed by atoms with Crippen LogP contribution >= 0.6 is 0 Å². The van der Waals surface area contributed by atoms with E-state index in [9.17, 15) is 0 Å². The van der Waals surface area contributed by atoms with E-state index in [-0.39, 0.29) is 0 Å². The molecule has 0 unspecified atom stereocenters. The summed E-state index contributed by atoms with van der Waals surface area (Å²) in [5, 5.41) is 6.67. The van der Waals surface area contributed by atoms with Crippen molar-refractivity contribution in [2.75, 3.05) is 44.8 Å². The molecule has 0 spiro atoms. The molecule has 2 rings (SSSR count). The predicted octanol–water partition coefficient (Wildman–Crippen LogP) is 2.55. The third-order valence-electron chi connectivity index (χ3n) is 4.22. The lowest BCUT2D eigenvalue weighted by atomic mass is 10.00. The van der Waals surface area contributed by atoms with Gasteiger partial charge >= 0.3 is 0 Å². The Labute approximate surface area is 146 Å². The molecular weight excluding hydrogens is 300 g/mol. The van der Waals surface area contributed by atoms with Crippen LogP contribution in [-0.4, -0.2) is 45.9 Å². The molecular formula is C19H32N4O. The SMILES string of the molecule is CCNC(=NCc1ccc2c(c1)CCCN2C)NCCCOCC. The Hall–Kier alpha value is -1.75. The number of aryl methyl sites for hydroxylation is 1. The van der Waals surface area contributed by atoms with Crippen molar-refractivity contribution in [2.45, 2.75) is 39.7 Å². The fourth-order valence-corrected chi connectivity index (χ4v) is 2.97. The number of ether oxygens (including phenoxy) is 1. The first kappa shape index (κ1) is 18.6. The number of nitrogens with one attached hydrogen (secondary N) is 2. The minimum absolute atomic E-state index is 0.706. The van der Waals surface area contributed by atoms with Crippen LogP contribution in [0.25, 0.3) is 0 Å². The normalized spacial score (nSPS) is 14.5. The minimum Gasteiger partial charge on any atom is -0.382 e. The molecule has 0 radical (unpaired) electrons. The van der Waals surface area contributed by atoms with Crippen LogP contribution in [0.3, 0.4) is 0 Å². The summed E-state index contributed by atoms with van der Waals surface area (Å²) in [7, 11) is 2.17. The van der Waals surface area contributed by atoms with Crippen molar-refractivity contribution in [1.82, 2.24) is 10.6 Å². The highest BCUT2D eigenvalue weighted by Crippen LogP contribution is 2.26. The summed E-state index contributed by atoms with van der Waals surface area (Å²) >= 11 is 0. The number of rotatable bonds is 8. The van der Waals surface area contributed by atoms with Crippen LogP contribution in [0.15, 0.2) is 23.2 Å². The molecule has 5 heteroatoms. The zero-order chi connectivity index (χ0) is 17.2. The largest absolute Gasteiger partial charge is 0.382 e. The second kappa shape index (κ2) is 10.2. The van der Waals surface area contributed by atoms with Crippen LogP contribution < -0.4 is 15.5 Å². The molecule has 24 heavy (non-hydrogen) atoms. The van der Waals surface area contributed by atoms with Crippen molar-refractivity contribution in [3.8, 4) is 0 Å². The molecule has 1 aromatic carbocycles. The highest BCUT2D eigenvalue weighted by Gasteiger charge is 2.13. The second-order valence-corrected chi connectivity index (χ2v) is 6.16. The maximum Gasteiger partial charge on any atom is 0.191 e. The van der Waals surface area contributed by atoms with Crippen molar-refractivity contribution in [2.24, 2.45) is 4.99 Å². The molecule has 0 fully saturated rings. The minimum atomic E-state index is 0.706. The van der Waals surface area contributed by atoms with E-state index in [0.717, 1.165) is 45.2 Å². The molecule has 134 valence electrons. The summed E-state index contributed by atoms with van der Waals surface area (Å²) in [5.41, 5.74) is 4.09. The summed E-state index contributed by atoms with van der Waals surface area (Å²) in [6.07, 6.45) is 3.40. The number of hydrogen-bond donors (Lipinski definition) is 2. The van der Waals surface area contributed by atoms with Gasteiger partial charge in [-0.25, -0.2) is 4.99 Å². The van der Waals surface area contributed by atoms with Gasteiger partial charge in [-0.3, -0.25) is 0 Å². The summed E-state index contributed by atoms with van der Waals surface area (Å²) in [6.45, 7) is 9.29. The molecule has 1 heterocycles. The van der Waals surface area contributed by atoms with Gasteiger partial charge in [-0.05, 0) is 50.3 Å². The van der Waals surface area contributed by atoms with Crippen LogP contribution in [0.4, 0.5) is 5.69 Å². The van der Waals surface area contributed by atoms with Gasteiger partial charge in [0.05, 0.1) is 6.54 Å². The highest BCUT2D eigenvalue weighted by molar-refractivity contribution is 5.79. The van der Waals surface area contributed by atoms with Gasteiger partial charge in [0.25, 0.3) is 0 Å². The quantitative estimate of drug-likeness (QED) is 0.436. The third-order valence-corrected chi connectivity index (χ3v) is 4.22. The lowest BCUT2D eigenvalue weighted by molar-refractivity contribution is 0.145. The van der Waals surface area contributed by atoms with Crippen molar-refractivity contribution < 1.29 is 4.74 Å². The van der Waals surface area contributed by atoms with E-state index in [1.807, 2.05) is 6.92 Å². The standard InChI is InChI=1S/C19H32N4O/c1-4-20-19(21-11-7-13-24-5-2)22-15-16-9-10-18-17(14-16)8-6-12-23(18)3/h9-10,14H,4-8,11-13,15H2,1-3H3,(H2,20,21,22). The summed E-state index contributed by atoms with van der Waals surface area (Å²) in [5.74, 6) is 0.879. The summed E-state index contributed by atoms with van der Waals surface area (Å²) in [4.78, 5) is 7.05. The lowest BCUT2D eigenvalue weighted by Crippen LogP contribution is -2.38. The molecule has 0 aromatic heterocycles. The fourth-order valence-electron chi connectivity index (χ4n) is 2.97. The van der Waals surface area contributed by atoms with Gasteiger partial charge in [-0.15, -0.1) is 0 Å². The fraction of sp³-hybridized carbons (Fsp3) is 0.632. The zero-order valence-corrected chi connectivity index (χ0v) is 15.4. The number of aliphatic imine (C=N–C) groups is 1. The molecule has 1 aromatic rings. The van der Waals surface area contributed by atoms with Crippen molar-refractivity contribution in [1.29, 1.82) is 0 Å². The van der Waals surface area contributed by atoms with Crippen LogP contribution in [0.1, 0.15) is 37.8 Å². The van der Waals surface area contributed by atoms with Gasteiger partial charge < -0.3 is 20.3 Å². The maximum absolute atomic E-state index is 5.36. The lowest BCUT2D eigenvalue weighted by Gasteiger charge is -2.27. The molecule has 0 saturated carbocycles. The van der Waals surface area contributed by atoms with Crippen LogP contribution in [-0.2, 0) is 17.7 Å². The number of guanidine groups is 1. The monoisotopic (exact) mass is 332 g/mol. The van der Waals surface area contributed by atoms with Gasteiger partial charge in [0.1, 0.15) is 0 Å². The highest BCUT2D eigenvalue weighted by atomic mass is 16.5. The molecule has 0 amide bonds. The van der Waals surface area contributed by atoms with Gasteiger partial charge in [0.2, 0.25) is 0 Å². The number of fused-ring (bicyclic) bond motifs is 1. The molecule has 1 aliphatic heterocycles. The Morgan fingerprint density at radius 2 is 2.17 bits per heavy atom. The first-order valence-corrected chi connectivity index (χ1v) is 9.17. The van der Waals surface area contributed by atoms with Gasteiger partial charge in [-0.1, -0.05) is 12.1 Å². The second-order valence-electron chi connectivity index (χ2n) is 6.16. The zero-order valence-electron chi connectivity index (χ0n) is 15.4. The number of benzene rings is 1. The number of hydrogen-bond acceptors (Lipinski definition) is 3. The number of anilines is 1. The Kier molecular flexibility index (Phi) is 7.89. The van der Waals surface area contributed by atoms with Crippen LogP contribution in [0, 0.1) is 0 Å². The Morgan fingerprint density at radius 1 is 1.29 bits per heavy atom. The third kappa shape index (κ3) is 5.71. The average Bonchev–Trinajstić information content (AvgIpc) is 2.59. The smallest absolute Gasteiger partial charge is 0.191 e. The molecule has 2 N–H and O–H groups in total. The Balaban J connectivity index is 1.90. The molecule has 5 nitrogen and oxygen atoms in total. The van der Waals surface area contributed by atoms with E-state index in [1.54, 1.807) is 0 Å². The van der Waals surface area contributed by atoms with E-state index in [4.69, 9.17) is 9.73 Å². The van der Waals surface area contributed by atoms with Gasteiger partial charge in [0, 0.05) is 45.6 Å². The predicted molar refractivity (Wildman–Crippen MR) is 102 cm³/mol.